The van der Waals surface area contributed by atoms with Crippen molar-refractivity contribution in [3.63, 3.8) is 0 Å². The van der Waals surface area contributed by atoms with E-state index in [1.807, 2.05) is 11.8 Å². The standard InChI is InChI=1S/C8H11N3O/c1-6-10-7-4-11(5-9)3-2-8(7)12-6/h5,9H,2-4H2,1H3. The Morgan fingerprint density at radius 2 is 2.50 bits per heavy atom. The molecule has 0 spiro atoms. The van der Waals surface area contributed by atoms with Crippen LogP contribution in [0.25, 0.3) is 0 Å². The van der Waals surface area contributed by atoms with Gasteiger partial charge in [-0.2, -0.15) is 0 Å². The first-order chi connectivity index (χ1) is 5.79. The van der Waals surface area contributed by atoms with Gasteiger partial charge in [-0.15, -0.1) is 0 Å². The molecule has 2 heterocycles. The largest absolute Gasteiger partial charge is 0.446 e. The van der Waals surface area contributed by atoms with E-state index in [1.165, 1.54) is 6.34 Å². The normalized spacial score (nSPS) is 15.9. The molecule has 0 saturated carbocycles. The fourth-order valence-corrected chi connectivity index (χ4v) is 1.46. The van der Waals surface area contributed by atoms with Gasteiger partial charge in [-0.3, -0.25) is 5.41 Å². The number of fused-ring (bicyclic) bond motifs is 1. The Balaban J connectivity index is 2.28. The van der Waals surface area contributed by atoms with Crippen LogP contribution in [0.4, 0.5) is 0 Å². The Bertz CT molecular complexity index is 305. The molecule has 0 amide bonds. The summed E-state index contributed by atoms with van der Waals surface area (Å²) in [5.74, 6) is 1.72. The maximum atomic E-state index is 7.09. The fourth-order valence-electron chi connectivity index (χ4n) is 1.46. The molecule has 0 radical (unpaired) electrons. The second kappa shape index (κ2) is 2.62. The molecule has 2 rings (SSSR count). The highest BCUT2D eigenvalue weighted by Crippen LogP contribution is 2.17. The molecule has 64 valence electrons. The first-order valence-electron chi connectivity index (χ1n) is 3.99. The topological polar surface area (TPSA) is 53.1 Å². The summed E-state index contributed by atoms with van der Waals surface area (Å²) in [6.07, 6.45) is 2.22. The number of aryl methyl sites for hydroxylation is 1. The summed E-state index contributed by atoms with van der Waals surface area (Å²) in [6, 6.07) is 0. The maximum absolute atomic E-state index is 7.09. The van der Waals surface area contributed by atoms with Crippen molar-refractivity contribution in [2.45, 2.75) is 19.9 Å². The Hall–Kier alpha value is -1.32. The summed E-state index contributed by atoms with van der Waals surface area (Å²) in [7, 11) is 0. The van der Waals surface area contributed by atoms with E-state index in [9.17, 15) is 0 Å². The van der Waals surface area contributed by atoms with Crippen molar-refractivity contribution in [2.75, 3.05) is 6.54 Å². The fraction of sp³-hybridized carbons (Fsp3) is 0.500. The lowest BCUT2D eigenvalue weighted by Gasteiger charge is -2.21. The highest BCUT2D eigenvalue weighted by Gasteiger charge is 2.18. The van der Waals surface area contributed by atoms with E-state index < -0.39 is 0 Å². The molecule has 1 aromatic rings. The molecule has 1 aliphatic heterocycles. The van der Waals surface area contributed by atoms with Crippen LogP contribution in [0.1, 0.15) is 17.3 Å². The molecular formula is C8H11N3O. The van der Waals surface area contributed by atoms with Gasteiger partial charge < -0.3 is 9.32 Å². The molecule has 0 unspecified atom stereocenters. The van der Waals surface area contributed by atoms with E-state index in [1.54, 1.807) is 0 Å². The Morgan fingerprint density at radius 1 is 1.67 bits per heavy atom. The van der Waals surface area contributed by atoms with Crippen LogP contribution in [0.15, 0.2) is 4.42 Å². The van der Waals surface area contributed by atoms with Crippen LogP contribution in [-0.2, 0) is 13.0 Å². The minimum atomic E-state index is 0.718. The molecule has 0 atom stereocenters. The molecule has 12 heavy (non-hydrogen) atoms. The van der Waals surface area contributed by atoms with Gasteiger partial charge in [0.15, 0.2) is 5.89 Å². The quantitative estimate of drug-likeness (QED) is 0.498. The summed E-state index contributed by atoms with van der Waals surface area (Å²) in [5, 5.41) is 7.09. The van der Waals surface area contributed by atoms with Crippen LogP contribution < -0.4 is 0 Å². The molecule has 0 aromatic carbocycles. The zero-order valence-electron chi connectivity index (χ0n) is 7.00. The van der Waals surface area contributed by atoms with E-state index in [-0.39, 0.29) is 0 Å². The second-order valence-corrected chi connectivity index (χ2v) is 2.95. The predicted octanol–water partition coefficient (Wildman–Crippen LogP) is 0.948. The molecule has 0 saturated heterocycles. The number of aromatic nitrogens is 1. The highest BCUT2D eigenvalue weighted by molar-refractivity contribution is 5.51. The second-order valence-electron chi connectivity index (χ2n) is 2.95. The lowest BCUT2D eigenvalue weighted by atomic mass is 10.2. The zero-order chi connectivity index (χ0) is 8.55. The van der Waals surface area contributed by atoms with Crippen molar-refractivity contribution in [1.29, 1.82) is 5.41 Å². The van der Waals surface area contributed by atoms with Gasteiger partial charge in [0, 0.05) is 19.9 Å². The number of nitrogens with one attached hydrogen (secondary N) is 1. The Kier molecular flexibility index (Phi) is 1.60. The molecule has 0 fully saturated rings. The van der Waals surface area contributed by atoms with E-state index >= 15 is 0 Å². The van der Waals surface area contributed by atoms with Crippen molar-refractivity contribution in [2.24, 2.45) is 0 Å². The monoisotopic (exact) mass is 165 g/mol. The molecular weight excluding hydrogens is 154 g/mol. The molecule has 1 aliphatic rings. The van der Waals surface area contributed by atoms with E-state index in [4.69, 9.17) is 9.83 Å². The molecule has 4 heteroatoms. The minimum Gasteiger partial charge on any atom is -0.446 e. The van der Waals surface area contributed by atoms with E-state index in [0.717, 1.165) is 36.9 Å². The van der Waals surface area contributed by atoms with Gasteiger partial charge in [-0.05, 0) is 0 Å². The van der Waals surface area contributed by atoms with Crippen molar-refractivity contribution in [3.8, 4) is 0 Å². The van der Waals surface area contributed by atoms with Crippen LogP contribution in [0.5, 0.6) is 0 Å². The number of rotatable bonds is 1. The third kappa shape index (κ3) is 1.09. The third-order valence-electron chi connectivity index (χ3n) is 2.05. The smallest absolute Gasteiger partial charge is 0.191 e. The van der Waals surface area contributed by atoms with Gasteiger partial charge in [0.05, 0.1) is 12.9 Å². The maximum Gasteiger partial charge on any atom is 0.191 e. The van der Waals surface area contributed by atoms with Gasteiger partial charge >= 0.3 is 0 Å². The van der Waals surface area contributed by atoms with Crippen LogP contribution in [0.2, 0.25) is 0 Å². The molecule has 0 aliphatic carbocycles. The van der Waals surface area contributed by atoms with Crippen LogP contribution in [-0.4, -0.2) is 22.8 Å². The van der Waals surface area contributed by atoms with Gasteiger partial charge in [-0.25, -0.2) is 4.98 Å². The average Bonchev–Trinajstić information content (AvgIpc) is 2.43. The number of hydrogen-bond donors (Lipinski definition) is 1. The van der Waals surface area contributed by atoms with E-state index in [2.05, 4.69) is 4.98 Å². The molecule has 4 nitrogen and oxygen atoms in total. The predicted molar refractivity (Wildman–Crippen MR) is 44.1 cm³/mol. The van der Waals surface area contributed by atoms with Gasteiger partial charge in [0.1, 0.15) is 11.5 Å². The lowest BCUT2D eigenvalue weighted by molar-refractivity contribution is 0.362. The Labute approximate surface area is 70.7 Å². The zero-order valence-corrected chi connectivity index (χ0v) is 7.00. The number of hydrogen-bond acceptors (Lipinski definition) is 3. The van der Waals surface area contributed by atoms with Crippen LogP contribution in [0, 0.1) is 12.3 Å². The summed E-state index contributed by atoms with van der Waals surface area (Å²) >= 11 is 0. The SMILES string of the molecule is Cc1nc2c(o1)CCN(C=N)C2. The third-order valence-corrected chi connectivity index (χ3v) is 2.05. The first-order valence-corrected chi connectivity index (χ1v) is 3.99. The van der Waals surface area contributed by atoms with Crippen molar-refractivity contribution in [3.05, 3.63) is 17.3 Å². The van der Waals surface area contributed by atoms with Gasteiger partial charge in [0.25, 0.3) is 0 Å². The summed E-state index contributed by atoms with van der Waals surface area (Å²) < 4.78 is 5.39. The minimum absolute atomic E-state index is 0.718. The number of oxazole rings is 1. The van der Waals surface area contributed by atoms with Crippen molar-refractivity contribution < 1.29 is 4.42 Å². The number of nitrogens with zero attached hydrogens (tertiary/aromatic N) is 2. The van der Waals surface area contributed by atoms with Crippen molar-refractivity contribution in [1.82, 2.24) is 9.88 Å². The van der Waals surface area contributed by atoms with Crippen LogP contribution in [0.3, 0.4) is 0 Å². The van der Waals surface area contributed by atoms with Crippen molar-refractivity contribution >= 4 is 6.34 Å². The molecule has 1 N–H and O–H groups in total. The van der Waals surface area contributed by atoms with E-state index in [0.29, 0.717) is 0 Å². The molecule has 1 aromatic heterocycles. The first kappa shape index (κ1) is 7.34. The lowest BCUT2D eigenvalue weighted by Crippen LogP contribution is -2.28. The average molecular weight is 165 g/mol. The molecule has 0 bridgehead atoms. The van der Waals surface area contributed by atoms with Crippen LogP contribution >= 0.6 is 0 Å². The highest BCUT2D eigenvalue weighted by atomic mass is 16.4. The summed E-state index contributed by atoms with van der Waals surface area (Å²) in [6.45, 7) is 3.44. The summed E-state index contributed by atoms with van der Waals surface area (Å²) in [4.78, 5) is 6.16. The Morgan fingerprint density at radius 3 is 3.25 bits per heavy atom. The summed E-state index contributed by atoms with van der Waals surface area (Å²) in [5.41, 5.74) is 0.988. The van der Waals surface area contributed by atoms with Gasteiger partial charge in [-0.1, -0.05) is 0 Å². The van der Waals surface area contributed by atoms with Gasteiger partial charge in [0.2, 0.25) is 0 Å².